The van der Waals surface area contributed by atoms with Gasteiger partial charge in [0.1, 0.15) is 0 Å². The fraction of sp³-hybridized carbons (Fsp3) is 0.929. The van der Waals surface area contributed by atoms with Gasteiger partial charge in [0.2, 0.25) is 5.91 Å². The van der Waals surface area contributed by atoms with Crippen LogP contribution in [0.2, 0.25) is 0 Å². The summed E-state index contributed by atoms with van der Waals surface area (Å²) in [5, 5.41) is 12.9. The predicted octanol–water partition coefficient (Wildman–Crippen LogP) is 1.14. The van der Waals surface area contributed by atoms with Crippen LogP contribution in [-0.2, 0) is 4.79 Å². The summed E-state index contributed by atoms with van der Waals surface area (Å²) in [4.78, 5) is 13.8. The van der Waals surface area contributed by atoms with Crippen LogP contribution in [0.25, 0.3) is 0 Å². The molecule has 2 fully saturated rings. The van der Waals surface area contributed by atoms with Crippen molar-refractivity contribution in [3.8, 4) is 0 Å². The van der Waals surface area contributed by atoms with Crippen LogP contribution >= 0.6 is 0 Å². The summed E-state index contributed by atoms with van der Waals surface area (Å²) in [7, 11) is 0. The van der Waals surface area contributed by atoms with Crippen LogP contribution in [-0.4, -0.2) is 46.2 Å². The van der Waals surface area contributed by atoms with Gasteiger partial charge in [0, 0.05) is 30.6 Å². The number of likely N-dealkylation sites (tertiary alicyclic amines) is 1. The quantitative estimate of drug-likeness (QED) is 0.777. The van der Waals surface area contributed by atoms with Gasteiger partial charge in [0.25, 0.3) is 0 Å². The molecule has 2 saturated heterocycles. The molecule has 18 heavy (non-hydrogen) atoms. The number of amides is 1. The molecule has 0 aromatic carbocycles. The van der Waals surface area contributed by atoms with Crippen molar-refractivity contribution in [3.05, 3.63) is 0 Å². The molecule has 2 heterocycles. The standard InChI is InChI=1S/C14H26N2O2/c1-13(2)6-10(7-14(3,4)15-13)5-12(18)16-8-11(17)9-16/h10-11,15,17H,5-9H2,1-4H3. The number of nitrogens with zero attached hydrogens (tertiary/aromatic N) is 1. The summed E-state index contributed by atoms with van der Waals surface area (Å²) < 4.78 is 0. The summed E-state index contributed by atoms with van der Waals surface area (Å²) in [5.41, 5.74) is 0.197. The monoisotopic (exact) mass is 254 g/mol. The molecule has 0 aromatic heterocycles. The lowest BCUT2D eigenvalue weighted by molar-refractivity contribution is -0.142. The molecule has 1 amide bonds. The highest BCUT2D eigenvalue weighted by molar-refractivity contribution is 5.77. The fourth-order valence-corrected chi connectivity index (χ4v) is 3.71. The summed E-state index contributed by atoms with van der Waals surface area (Å²) in [6, 6.07) is 0. The molecule has 0 radical (unpaired) electrons. The first-order valence-corrected chi connectivity index (χ1v) is 6.92. The average Bonchev–Trinajstić information content (AvgIpc) is 2.06. The lowest BCUT2D eigenvalue weighted by atomic mass is 9.74. The van der Waals surface area contributed by atoms with E-state index in [1.54, 1.807) is 4.90 Å². The van der Waals surface area contributed by atoms with Gasteiger partial charge in [-0.15, -0.1) is 0 Å². The number of aliphatic hydroxyl groups excluding tert-OH is 1. The number of piperidine rings is 1. The second kappa shape index (κ2) is 4.49. The zero-order valence-corrected chi connectivity index (χ0v) is 12.0. The number of nitrogens with one attached hydrogen (secondary N) is 1. The van der Waals surface area contributed by atoms with Crippen molar-refractivity contribution in [1.82, 2.24) is 10.2 Å². The molecule has 104 valence electrons. The molecule has 0 bridgehead atoms. The molecule has 0 aliphatic carbocycles. The van der Waals surface area contributed by atoms with Crippen LogP contribution in [0.4, 0.5) is 0 Å². The van der Waals surface area contributed by atoms with Gasteiger partial charge in [-0.25, -0.2) is 0 Å². The number of hydrogen-bond donors (Lipinski definition) is 2. The van der Waals surface area contributed by atoms with E-state index in [1.807, 2.05) is 0 Å². The summed E-state index contributed by atoms with van der Waals surface area (Å²) in [6.45, 7) is 9.88. The van der Waals surface area contributed by atoms with Gasteiger partial charge < -0.3 is 15.3 Å². The predicted molar refractivity (Wildman–Crippen MR) is 71.2 cm³/mol. The normalized spacial score (nSPS) is 27.9. The minimum absolute atomic E-state index is 0.0984. The molecule has 2 aliphatic heterocycles. The second-order valence-corrected chi connectivity index (χ2v) is 7.32. The number of β-amino-alcohol motifs (C(OH)–C–C–N with tert-alkyl or cyclic N) is 1. The smallest absolute Gasteiger partial charge is 0.223 e. The molecule has 0 spiro atoms. The third-order valence-corrected chi connectivity index (χ3v) is 3.95. The maximum atomic E-state index is 12.1. The maximum absolute atomic E-state index is 12.1. The van der Waals surface area contributed by atoms with Gasteiger partial charge in [-0.2, -0.15) is 0 Å². The topological polar surface area (TPSA) is 52.6 Å². The molecule has 2 N–H and O–H groups in total. The fourth-order valence-electron chi connectivity index (χ4n) is 3.71. The van der Waals surface area contributed by atoms with Crippen molar-refractivity contribution in [3.63, 3.8) is 0 Å². The van der Waals surface area contributed by atoms with E-state index >= 15 is 0 Å². The zero-order chi connectivity index (χ0) is 13.6. The Morgan fingerprint density at radius 3 is 2.17 bits per heavy atom. The number of carbonyl (C=O) groups is 1. The summed E-state index contributed by atoms with van der Waals surface area (Å²) in [6.07, 6.45) is 2.41. The highest BCUT2D eigenvalue weighted by Gasteiger charge is 2.39. The van der Waals surface area contributed by atoms with Gasteiger partial charge in [-0.1, -0.05) is 0 Å². The van der Waals surface area contributed by atoms with Crippen LogP contribution in [0.5, 0.6) is 0 Å². The van der Waals surface area contributed by atoms with Gasteiger partial charge >= 0.3 is 0 Å². The molecule has 0 atom stereocenters. The summed E-state index contributed by atoms with van der Waals surface area (Å²) >= 11 is 0. The van der Waals surface area contributed by atoms with Crippen molar-refractivity contribution < 1.29 is 9.90 Å². The molecule has 0 unspecified atom stereocenters. The minimum atomic E-state index is -0.296. The van der Waals surface area contributed by atoms with E-state index < -0.39 is 0 Å². The molecule has 2 rings (SSSR count). The molecular formula is C14H26N2O2. The Balaban J connectivity index is 1.90. The number of hydrogen-bond acceptors (Lipinski definition) is 3. The Hall–Kier alpha value is -0.610. The van der Waals surface area contributed by atoms with Crippen LogP contribution in [0.15, 0.2) is 0 Å². The Morgan fingerprint density at radius 2 is 1.72 bits per heavy atom. The van der Waals surface area contributed by atoms with Crippen molar-refractivity contribution >= 4 is 5.91 Å². The van der Waals surface area contributed by atoms with E-state index in [0.29, 0.717) is 25.4 Å². The van der Waals surface area contributed by atoms with Gasteiger partial charge in [0.05, 0.1) is 6.10 Å². The lowest BCUT2D eigenvalue weighted by Crippen LogP contribution is -2.59. The van der Waals surface area contributed by atoms with E-state index in [9.17, 15) is 9.90 Å². The maximum Gasteiger partial charge on any atom is 0.223 e. The first-order valence-electron chi connectivity index (χ1n) is 6.92. The third kappa shape index (κ3) is 3.23. The van der Waals surface area contributed by atoms with Crippen LogP contribution in [0.1, 0.15) is 47.0 Å². The Morgan fingerprint density at radius 1 is 1.22 bits per heavy atom. The largest absolute Gasteiger partial charge is 0.389 e. The van der Waals surface area contributed by atoms with Crippen molar-refractivity contribution in [2.45, 2.75) is 64.1 Å². The molecule has 4 heteroatoms. The number of carbonyl (C=O) groups excluding carboxylic acids is 1. The number of aliphatic hydroxyl groups is 1. The number of rotatable bonds is 2. The van der Waals surface area contributed by atoms with Crippen LogP contribution in [0.3, 0.4) is 0 Å². The first kappa shape index (κ1) is 13.8. The van der Waals surface area contributed by atoms with Gasteiger partial charge in [-0.3, -0.25) is 4.79 Å². The highest BCUT2D eigenvalue weighted by Crippen LogP contribution is 2.35. The van der Waals surface area contributed by atoms with E-state index in [0.717, 1.165) is 12.8 Å². The van der Waals surface area contributed by atoms with E-state index in [1.165, 1.54) is 0 Å². The third-order valence-electron chi connectivity index (χ3n) is 3.95. The Labute approximate surface area is 110 Å². The highest BCUT2D eigenvalue weighted by atomic mass is 16.3. The molecular weight excluding hydrogens is 228 g/mol. The SMILES string of the molecule is CC1(C)CC(CC(=O)N2CC(O)C2)CC(C)(C)N1. The van der Waals surface area contributed by atoms with Crippen LogP contribution < -0.4 is 5.32 Å². The lowest BCUT2D eigenvalue weighted by Gasteiger charge is -2.47. The Kier molecular flexibility index (Phi) is 3.45. The first-order chi connectivity index (χ1) is 8.17. The Bertz CT molecular complexity index is 317. The van der Waals surface area contributed by atoms with Gasteiger partial charge in [-0.05, 0) is 46.5 Å². The molecule has 0 aromatic rings. The van der Waals surface area contributed by atoms with Crippen molar-refractivity contribution in [2.75, 3.05) is 13.1 Å². The van der Waals surface area contributed by atoms with E-state index in [4.69, 9.17) is 0 Å². The average molecular weight is 254 g/mol. The minimum Gasteiger partial charge on any atom is -0.389 e. The van der Waals surface area contributed by atoms with Crippen molar-refractivity contribution in [1.29, 1.82) is 0 Å². The van der Waals surface area contributed by atoms with E-state index in [-0.39, 0.29) is 23.1 Å². The van der Waals surface area contributed by atoms with Gasteiger partial charge in [0.15, 0.2) is 0 Å². The van der Waals surface area contributed by atoms with Crippen LogP contribution in [0, 0.1) is 5.92 Å². The van der Waals surface area contributed by atoms with Crippen molar-refractivity contribution in [2.24, 2.45) is 5.92 Å². The molecule has 4 nitrogen and oxygen atoms in total. The summed E-state index contributed by atoms with van der Waals surface area (Å²) in [5.74, 6) is 0.653. The van der Waals surface area contributed by atoms with E-state index in [2.05, 4.69) is 33.0 Å². The zero-order valence-electron chi connectivity index (χ0n) is 12.0. The molecule has 2 aliphatic rings. The molecule has 0 saturated carbocycles. The second-order valence-electron chi connectivity index (χ2n) is 7.32.